The van der Waals surface area contributed by atoms with E-state index in [1.165, 1.54) is 7.11 Å². The summed E-state index contributed by atoms with van der Waals surface area (Å²) < 4.78 is 5.36. The molecule has 0 amide bonds. The van der Waals surface area contributed by atoms with E-state index in [0.717, 1.165) is 50.5 Å². The lowest BCUT2D eigenvalue weighted by atomic mass is 9.42. The number of ketones is 2. The van der Waals surface area contributed by atoms with Crippen molar-refractivity contribution in [2.75, 3.05) is 7.11 Å². The van der Waals surface area contributed by atoms with Gasteiger partial charge in [-0.2, -0.15) is 5.21 Å². The fourth-order valence-electron chi connectivity index (χ4n) is 8.33. The zero-order valence-electron chi connectivity index (χ0n) is 28.9. The van der Waals surface area contributed by atoms with Gasteiger partial charge in [0.2, 0.25) is 5.82 Å². The third kappa shape index (κ3) is 6.44. The van der Waals surface area contributed by atoms with E-state index in [4.69, 9.17) is 4.74 Å². The van der Waals surface area contributed by atoms with Gasteiger partial charge in [0.05, 0.1) is 18.1 Å². The van der Waals surface area contributed by atoms with Crippen molar-refractivity contribution < 1.29 is 19.1 Å². The number of aromatic amines is 1. The third-order valence-electron chi connectivity index (χ3n) is 11.7. The Morgan fingerprint density at radius 1 is 1.05 bits per heavy atom. The number of esters is 1. The SMILES string of the molecule is CCCC(C)(C)CC[C@@](C)(CCC(C)(C)[C@]1(C)CC[C@H]2C(C)(C)C(=O)C(c3nn[nH]n3)=C[C@]2(C)/C1=C/C(C)=O)C(=O)OC. The zero-order valence-corrected chi connectivity index (χ0v) is 28.9. The van der Waals surface area contributed by atoms with Gasteiger partial charge < -0.3 is 4.74 Å². The van der Waals surface area contributed by atoms with Gasteiger partial charge in [0.25, 0.3) is 0 Å². The highest BCUT2D eigenvalue weighted by Crippen LogP contribution is 2.67. The van der Waals surface area contributed by atoms with Gasteiger partial charge in [0, 0.05) is 10.8 Å². The summed E-state index contributed by atoms with van der Waals surface area (Å²) in [5, 5.41) is 14.5. The minimum Gasteiger partial charge on any atom is -0.469 e. The topological polar surface area (TPSA) is 115 Å². The number of carbonyl (C=O) groups is 3. The van der Waals surface area contributed by atoms with Gasteiger partial charge in [-0.3, -0.25) is 14.4 Å². The minimum atomic E-state index is -0.685. The lowest BCUT2D eigenvalue weighted by Gasteiger charge is -2.61. The van der Waals surface area contributed by atoms with Crippen molar-refractivity contribution in [2.24, 2.45) is 38.4 Å². The summed E-state index contributed by atoms with van der Waals surface area (Å²) in [4.78, 5) is 39.9. The average Bonchev–Trinajstić information content (AvgIpc) is 3.45. The normalized spacial score (nSPS) is 28.2. The number of hydrogen-bond acceptors (Lipinski definition) is 7. The highest BCUT2D eigenvalue weighted by atomic mass is 16.5. The maximum Gasteiger partial charge on any atom is 0.311 e. The van der Waals surface area contributed by atoms with Gasteiger partial charge in [-0.25, -0.2) is 0 Å². The number of Topliss-reactive ketones (excluding diaryl/α,β-unsaturated/α-hetero) is 1. The molecule has 1 fully saturated rings. The van der Waals surface area contributed by atoms with Crippen molar-refractivity contribution in [3.63, 3.8) is 0 Å². The second kappa shape index (κ2) is 12.0. The van der Waals surface area contributed by atoms with Crippen LogP contribution >= 0.6 is 0 Å². The molecule has 1 N–H and O–H groups in total. The molecule has 0 saturated heterocycles. The van der Waals surface area contributed by atoms with Crippen molar-refractivity contribution in [3.8, 4) is 0 Å². The van der Waals surface area contributed by atoms with Crippen LogP contribution in [0.25, 0.3) is 5.57 Å². The molecule has 2 aliphatic rings. The Bertz CT molecular complexity index is 1270. The summed E-state index contributed by atoms with van der Waals surface area (Å²) in [7, 11) is 1.49. The van der Waals surface area contributed by atoms with E-state index in [-0.39, 0.29) is 45.5 Å². The van der Waals surface area contributed by atoms with Crippen LogP contribution in [0.15, 0.2) is 17.7 Å². The number of fused-ring (bicyclic) bond motifs is 1. The van der Waals surface area contributed by atoms with Crippen LogP contribution in [0.2, 0.25) is 0 Å². The lowest BCUT2D eigenvalue weighted by Crippen LogP contribution is -2.55. The standard InChI is InChI=1S/C35H56N4O4/c1-13-15-30(3,4)17-19-33(9,29(42)43-12)20-18-31(5,6)35(11)16-14-25-32(7,8)27(41)24(28-36-38-39-37-28)22-34(25,10)26(35)21-23(2)40/h21-22,25H,13-20H2,1-12H3,(H,36,37,38,39)/b26-21-/t25-,33-,34-,35+/m0/s1. The highest BCUT2D eigenvalue weighted by Gasteiger charge is 2.61. The van der Waals surface area contributed by atoms with Crippen LogP contribution in [0.3, 0.4) is 0 Å². The predicted molar refractivity (Wildman–Crippen MR) is 170 cm³/mol. The fraction of sp³-hybridized carbons (Fsp3) is 0.771. The number of rotatable bonds is 12. The molecule has 0 aliphatic heterocycles. The Morgan fingerprint density at radius 3 is 2.21 bits per heavy atom. The van der Waals surface area contributed by atoms with E-state index in [0.29, 0.717) is 12.0 Å². The molecule has 0 spiro atoms. The molecule has 8 nitrogen and oxygen atoms in total. The molecule has 0 unspecified atom stereocenters. The number of tetrazole rings is 1. The first-order valence-electron chi connectivity index (χ1n) is 16.0. The van der Waals surface area contributed by atoms with E-state index >= 15 is 0 Å². The van der Waals surface area contributed by atoms with E-state index in [1.54, 1.807) is 6.92 Å². The second-order valence-electron chi connectivity index (χ2n) is 16.1. The molecule has 4 atom stereocenters. The van der Waals surface area contributed by atoms with Crippen LogP contribution in [0.5, 0.6) is 0 Å². The lowest BCUT2D eigenvalue weighted by molar-refractivity contribution is -0.153. The van der Waals surface area contributed by atoms with Crippen LogP contribution in [0.1, 0.15) is 133 Å². The molecular formula is C35H56N4O4. The highest BCUT2D eigenvalue weighted by molar-refractivity contribution is 6.23. The number of carbonyl (C=O) groups excluding carboxylic acids is 3. The summed E-state index contributed by atoms with van der Waals surface area (Å²) in [6.45, 7) is 23.4. The second-order valence-corrected chi connectivity index (χ2v) is 16.1. The summed E-state index contributed by atoms with van der Waals surface area (Å²) in [5.74, 6) is 0.114. The van der Waals surface area contributed by atoms with E-state index in [9.17, 15) is 14.4 Å². The van der Waals surface area contributed by atoms with Gasteiger partial charge in [-0.1, -0.05) is 80.4 Å². The van der Waals surface area contributed by atoms with Gasteiger partial charge in [0.1, 0.15) is 0 Å². The zero-order chi connectivity index (χ0) is 32.6. The van der Waals surface area contributed by atoms with Crippen LogP contribution in [0.4, 0.5) is 0 Å². The van der Waals surface area contributed by atoms with Gasteiger partial charge in [0.15, 0.2) is 11.6 Å². The number of nitrogens with one attached hydrogen (secondary N) is 1. The summed E-state index contributed by atoms with van der Waals surface area (Å²) in [5.41, 5.74) is -0.885. The molecule has 2 aliphatic carbocycles. The number of methoxy groups -OCH3 is 1. The first kappa shape index (κ1) is 34.8. The van der Waals surface area contributed by atoms with Crippen molar-refractivity contribution in [1.82, 2.24) is 20.6 Å². The van der Waals surface area contributed by atoms with Crippen molar-refractivity contribution >= 4 is 23.1 Å². The number of hydrogen-bond donors (Lipinski definition) is 1. The van der Waals surface area contributed by atoms with Crippen LogP contribution < -0.4 is 0 Å². The summed E-state index contributed by atoms with van der Waals surface area (Å²) in [6.07, 6.45) is 10.9. The Morgan fingerprint density at radius 2 is 1.67 bits per heavy atom. The average molecular weight is 597 g/mol. The number of nitrogens with zero attached hydrogens (tertiary/aromatic N) is 3. The van der Waals surface area contributed by atoms with Crippen molar-refractivity contribution in [2.45, 2.75) is 128 Å². The van der Waals surface area contributed by atoms with E-state index < -0.39 is 16.2 Å². The number of H-pyrrole nitrogens is 1. The molecule has 1 saturated carbocycles. The number of ether oxygens (including phenoxy) is 1. The van der Waals surface area contributed by atoms with E-state index in [1.807, 2.05) is 26.0 Å². The predicted octanol–water partition coefficient (Wildman–Crippen LogP) is 7.72. The number of allylic oxidation sites excluding steroid dienone is 4. The molecule has 240 valence electrons. The molecule has 3 rings (SSSR count). The maximum absolute atomic E-state index is 13.8. The maximum atomic E-state index is 13.8. The summed E-state index contributed by atoms with van der Waals surface area (Å²) in [6, 6.07) is 0. The third-order valence-corrected chi connectivity index (χ3v) is 11.7. The van der Waals surface area contributed by atoms with Gasteiger partial charge in [-0.15, -0.1) is 10.2 Å². The molecule has 1 aromatic heterocycles. The van der Waals surface area contributed by atoms with Crippen molar-refractivity contribution in [3.05, 3.63) is 23.5 Å². The summed E-state index contributed by atoms with van der Waals surface area (Å²) >= 11 is 0. The molecule has 0 radical (unpaired) electrons. The fourth-order valence-corrected chi connectivity index (χ4v) is 8.33. The van der Waals surface area contributed by atoms with Crippen LogP contribution in [-0.4, -0.2) is 45.3 Å². The Kier molecular flexibility index (Phi) is 9.76. The first-order chi connectivity index (χ1) is 19.7. The van der Waals surface area contributed by atoms with Crippen LogP contribution in [0, 0.1) is 38.4 Å². The minimum absolute atomic E-state index is 0.00115. The molecule has 8 heteroatoms. The quantitative estimate of drug-likeness (QED) is 0.194. The molecule has 0 aromatic carbocycles. The Labute approximate surface area is 259 Å². The molecule has 1 aromatic rings. The molecule has 1 heterocycles. The van der Waals surface area contributed by atoms with Crippen molar-refractivity contribution in [1.29, 1.82) is 0 Å². The number of aromatic nitrogens is 4. The van der Waals surface area contributed by atoms with E-state index in [2.05, 4.69) is 76.0 Å². The molecule has 0 bridgehead atoms. The molecular weight excluding hydrogens is 540 g/mol. The van der Waals surface area contributed by atoms with Gasteiger partial charge in [-0.05, 0) is 92.2 Å². The largest absolute Gasteiger partial charge is 0.469 e. The Hall–Kier alpha value is -2.64. The smallest absolute Gasteiger partial charge is 0.311 e. The first-order valence-corrected chi connectivity index (χ1v) is 16.0. The molecule has 43 heavy (non-hydrogen) atoms. The van der Waals surface area contributed by atoms with Crippen LogP contribution in [-0.2, 0) is 19.1 Å². The van der Waals surface area contributed by atoms with Gasteiger partial charge >= 0.3 is 5.97 Å². The monoisotopic (exact) mass is 596 g/mol. The Balaban J connectivity index is 2.06.